The summed E-state index contributed by atoms with van der Waals surface area (Å²) in [6.07, 6.45) is 3.93. The molecule has 3 rings (SSSR count). The van der Waals surface area contributed by atoms with E-state index in [0.29, 0.717) is 22.2 Å². The molecule has 0 radical (unpaired) electrons. The summed E-state index contributed by atoms with van der Waals surface area (Å²) in [7, 11) is 0. The molecule has 1 aliphatic heterocycles. The monoisotopic (exact) mass is 316 g/mol. The number of hydrogen-bond acceptors (Lipinski definition) is 6. The summed E-state index contributed by atoms with van der Waals surface area (Å²) >= 11 is 1.24. The zero-order chi connectivity index (χ0) is 15.5. The maximum Gasteiger partial charge on any atom is 0.261 e. The Labute approximate surface area is 132 Å². The van der Waals surface area contributed by atoms with Crippen molar-refractivity contribution in [2.75, 3.05) is 23.3 Å². The third-order valence-corrected chi connectivity index (χ3v) is 4.28. The van der Waals surface area contributed by atoms with Crippen molar-refractivity contribution in [3.63, 3.8) is 0 Å². The number of aromatic nitrogens is 2. The molecule has 0 bridgehead atoms. The largest absolute Gasteiger partial charge is 0.356 e. The summed E-state index contributed by atoms with van der Waals surface area (Å²) < 4.78 is 0. The van der Waals surface area contributed by atoms with Gasteiger partial charge in [-0.25, -0.2) is 9.97 Å². The number of rotatable bonds is 4. The van der Waals surface area contributed by atoms with Crippen LogP contribution in [-0.2, 0) is 0 Å². The van der Waals surface area contributed by atoms with Gasteiger partial charge in [-0.2, -0.15) is 0 Å². The van der Waals surface area contributed by atoms with Crippen molar-refractivity contribution in [3.05, 3.63) is 35.0 Å². The molecule has 0 atom stereocenters. The summed E-state index contributed by atoms with van der Waals surface area (Å²) in [5.41, 5.74) is 0.898. The van der Waals surface area contributed by atoms with Crippen LogP contribution in [0.5, 0.6) is 0 Å². The third-order valence-electron chi connectivity index (χ3n) is 3.52. The van der Waals surface area contributed by atoms with E-state index >= 15 is 0 Å². The van der Waals surface area contributed by atoms with Gasteiger partial charge in [-0.05, 0) is 25.0 Å². The first-order valence-corrected chi connectivity index (χ1v) is 8.01. The van der Waals surface area contributed by atoms with Crippen molar-refractivity contribution in [2.45, 2.75) is 19.8 Å². The van der Waals surface area contributed by atoms with Crippen molar-refractivity contribution < 1.29 is 9.59 Å². The van der Waals surface area contributed by atoms with Crippen molar-refractivity contribution in [1.82, 2.24) is 9.97 Å². The molecule has 3 heterocycles. The van der Waals surface area contributed by atoms with Crippen LogP contribution in [0.2, 0.25) is 0 Å². The summed E-state index contributed by atoms with van der Waals surface area (Å²) in [6.45, 7) is 3.29. The summed E-state index contributed by atoms with van der Waals surface area (Å²) in [4.78, 5) is 34.3. The van der Waals surface area contributed by atoms with Gasteiger partial charge >= 0.3 is 0 Å². The van der Waals surface area contributed by atoms with Crippen LogP contribution in [0.1, 0.15) is 40.6 Å². The Balaban J connectivity index is 1.81. The van der Waals surface area contributed by atoms with E-state index in [9.17, 15) is 9.59 Å². The van der Waals surface area contributed by atoms with E-state index in [1.807, 2.05) is 0 Å². The maximum atomic E-state index is 12.5. The molecule has 1 saturated heterocycles. The molecular formula is C15H16N4O2S. The topological polar surface area (TPSA) is 75.2 Å². The smallest absolute Gasteiger partial charge is 0.261 e. The van der Waals surface area contributed by atoms with E-state index in [1.165, 1.54) is 18.3 Å². The van der Waals surface area contributed by atoms with E-state index < -0.39 is 0 Å². The molecule has 1 fully saturated rings. The minimum Gasteiger partial charge on any atom is -0.356 e. The van der Waals surface area contributed by atoms with Crippen LogP contribution in [0.4, 0.5) is 10.9 Å². The van der Waals surface area contributed by atoms with Crippen molar-refractivity contribution in [1.29, 1.82) is 0 Å². The fourth-order valence-electron chi connectivity index (χ4n) is 2.41. The van der Waals surface area contributed by atoms with Gasteiger partial charge in [-0.1, -0.05) is 0 Å². The zero-order valence-corrected chi connectivity index (χ0v) is 13.0. The lowest BCUT2D eigenvalue weighted by molar-refractivity contribution is 0.100. The maximum absolute atomic E-state index is 12.5. The minimum atomic E-state index is -0.251. The number of anilines is 2. The average Bonchev–Trinajstić information content (AvgIpc) is 3.18. The second kappa shape index (κ2) is 6.23. The number of carbonyl (C=O) groups is 2. The molecule has 22 heavy (non-hydrogen) atoms. The van der Waals surface area contributed by atoms with Crippen LogP contribution < -0.4 is 10.2 Å². The van der Waals surface area contributed by atoms with E-state index in [2.05, 4.69) is 20.2 Å². The van der Waals surface area contributed by atoms with Crippen molar-refractivity contribution >= 4 is 34.0 Å². The molecule has 1 aliphatic rings. The van der Waals surface area contributed by atoms with Gasteiger partial charge in [0, 0.05) is 31.6 Å². The first-order valence-electron chi connectivity index (χ1n) is 7.13. The third kappa shape index (κ3) is 2.99. The first kappa shape index (κ1) is 14.6. The van der Waals surface area contributed by atoms with Crippen molar-refractivity contribution in [3.8, 4) is 0 Å². The Hall–Kier alpha value is -2.28. The van der Waals surface area contributed by atoms with Gasteiger partial charge in [0.2, 0.25) is 0 Å². The summed E-state index contributed by atoms with van der Waals surface area (Å²) in [6, 6.07) is 3.51. The first-order chi connectivity index (χ1) is 10.6. The number of pyridine rings is 1. The number of hydrogen-bond donors (Lipinski definition) is 1. The van der Waals surface area contributed by atoms with E-state index in [-0.39, 0.29) is 11.7 Å². The molecule has 1 N–H and O–H groups in total. The molecule has 0 spiro atoms. The minimum absolute atomic E-state index is 0.115. The molecule has 1 amide bonds. The highest BCUT2D eigenvalue weighted by Crippen LogP contribution is 2.23. The standard InChI is InChI=1S/C15H16N4O2S/c1-10(20)12-9-22-15(17-12)18-14(21)11-5-4-6-16-13(11)19-7-2-3-8-19/h4-6,9H,2-3,7-8H2,1H3,(H,17,18,21). The molecule has 114 valence electrons. The summed E-state index contributed by atoms with van der Waals surface area (Å²) in [5.74, 6) is 0.344. The van der Waals surface area contributed by atoms with Crippen LogP contribution in [0.15, 0.2) is 23.7 Å². The lowest BCUT2D eigenvalue weighted by Crippen LogP contribution is -2.24. The molecule has 2 aromatic rings. The van der Waals surface area contributed by atoms with Crippen LogP contribution >= 0.6 is 11.3 Å². The van der Waals surface area contributed by atoms with Gasteiger partial charge in [0.05, 0.1) is 5.56 Å². The quantitative estimate of drug-likeness (QED) is 0.878. The van der Waals surface area contributed by atoms with Gasteiger partial charge in [0.15, 0.2) is 10.9 Å². The summed E-state index contributed by atoms with van der Waals surface area (Å²) in [5, 5.41) is 4.81. The van der Waals surface area contributed by atoms with Gasteiger partial charge < -0.3 is 4.90 Å². The average molecular weight is 316 g/mol. The lowest BCUT2D eigenvalue weighted by Gasteiger charge is -2.19. The van der Waals surface area contributed by atoms with Crippen LogP contribution in [0, 0.1) is 0 Å². The highest BCUT2D eigenvalue weighted by atomic mass is 32.1. The number of thiazole rings is 1. The molecular weight excluding hydrogens is 300 g/mol. The fraction of sp³-hybridized carbons (Fsp3) is 0.333. The number of amides is 1. The van der Waals surface area contributed by atoms with Crippen LogP contribution in [0.25, 0.3) is 0 Å². The lowest BCUT2D eigenvalue weighted by atomic mass is 10.2. The number of Topliss-reactive ketones (excluding diaryl/α,β-unsaturated/α-hetero) is 1. The van der Waals surface area contributed by atoms with E-state index in [4.69, 9.17) is 0 Å². The Morgan fingerprint density at radius 2 is 2.09 bits per heavy atom. The highest BCUT2D eigenvalue weighted by Gasteiger charge is 2.21. The number of carbonyl (C=O) groups excluding carboxylic acids is 2. The van der Waals surface area contributed by atoms with Gasteiger partial charge in [0.1, 0.15) is 11.5 Å². The van der Waals surface area contributed by atoms with E-state index in [0.717, 1.165) is 25.9 Å². The second-order valence-corrected chi connectivity index (χ2v) is 5.98. The molecule has 0 unspecified atom stereocenters. The van der Waals surface area contributed by atoms with Crippen molar-refractivity contribution in [2.24, 2.45) is 0 Å². The van der Waals surface area contributed by atoms with Crippen LogP contribution in [-0.4, -0.2) is 34.7 Å². The second-order valence-electron chi connectivity index (χ2n) is 5.12. The Bertz CT molecular complexity index is 707. The van der Waals surface area contributed by atoms with Gasteiger partial charge in [-0.3, -0.25) is 14.9 Å². The zero-order valence-electron chi connectivity index (χ0n) is 12.2. The molecule has 0 aliphatic carbocycles. The fourth-order valence-corrected chi connectivity index (χ4v) is 3.16. The molecule has 0 saturated carbocycles. The Morgan fingerprint density at radius 3 is 2.77 bits per heavy atom. The predicted molar refractivity (Wildman–Crippen MR) is 85.8 cm³/mol. The predicted octanol–water partition coefficient (Wildman–Crippen LogP) is 2.59. The highest BCUT2D eigenvalue weighted by molar-refractivity contribution is 7.14. The Kier molecular flexibility index (Phi) is 4.15. The van der Waals surface area contributed by atoms with Gasteiger partial charge in [0.25, 0.3) is 5.91 Å². The SMILES string of the molecule is CC(=O)c1csc(NC(=O)c2cccnc2N2CCCC2)n1. The molecule has 2 aromatic heterocycles. The molecule has 7 heteroatoms. The Morgan fingerprint density at radius 1 is 1.32 bits per heavy atom. The molecule has 0 aromatic carbocycles. The van der Waals surface area contributed by atoms with E-state index in [1.54, 1.807) is 23.7 Å². The number of nitrogens with one attached hydrogen (secondary N) is 1. The normalized spacial score (nSPS) is 14.1. The van der Waals surface area contributed by atoms with Gasteiger partial charge in [-0.15, -0.1) is 11.3 Å². The molecule has 6 nitrogen and oxygen atoms in total. The van der Waals surface area contributed by atoms with Crippen LogP contribution in [0.3, 0.4) is 0 Å². The number of nitrogens with zero attached hydrogens (tertiary/aromatic N) is 3. The number of ketones is 1.